The molecule has 0 aliphatic carbocycles. The average molecular weight is 432 g/mol. The summed E-state index contributed by atoms with van der Waals surface area (Å²) in [7, 11) is 1.77. The molecule has 156 valence electrons. The molecule has 0 bridgehead atoms. The third-order valence-electron chi connectivity index (χ3n) is 5.81. The first-order valence-corrected chi connectivity index (χ1v) is 10.6. The molecule has 4 aromatic rings. The molecule has 0 amide bonds. The topological polar surface area (TPSA) is 56.0 Å². The number of anilines is 2. The summed E-state index contributed by atoms with van der Waals surface area (Å²) >= 11 is 6.15. The van der Waals surface area contributed by atoms with Crippen molar-refractivity contribution in [3.63, 3.8) is 0 Å². The lowest BCUT2D eigenvalue weighted by Gasteiger charge is -2.27. The fourth-order valence-corrected chi connectivity index (χ4v) is 4.31. The van der Waals surface area contributed by atoms with Crippen molar-refractivity contribution in [2.75, 3.05) is 11.4 Å². The van der Waals surface area contributed by atoms with E-state index in [0.29, 0.717) is 5.02 Å². The number of hydrogen-bond donors (Lipinski definition) is 0. The van der Waals surface area contributed by atoms with E-state index in [-0.39, 0.29) is 11.5 Å². The maximum Gasteiger partial charge on any atom is 0.250 e. The van der Waals surface area contributed by atoms with E-state index < -0.39 is 0 Å². The molecular weight excluding hydrogens is 410 g/mol. The van der Waals surface area contributed by atoms with Crippen LogP contribution in [-0.2, 0) is 7.05 Å². The van der Waals surface area contributed by atoms with E-state index in [9.17, 15) is 4.79 Å². The van der Waals surface area contributed by atoms with Crippen LogP contribution >= 0.6 is 11.6 Å². The molecule has 5 rings (SSSR count). The van der Waals surface area contributed by atoms with Gasteiger partial charge in [-0.3, -0.25) is 9.36 Å². The van der Waals surface area contributed by atoms with Crippen molar-refractivity contribution in [2.45, 2.75) is 19.8 Å². The molecule has 6 nitrogen and oxygen atoms in total. The summed E-state index contributed by atoms with van der Waals surface area (Å²) in [5.74, 6) is 1.98. The van der Waals surface area contributed by atoms with Crippen molar-refractivity contribution in [3.8, 4) is 16.8 Å². The van der Waals surface area contributed by atoms with Crippen LogP contribution in [0.25, 0.3) is 16.8 Å². The highest BCUT2D eigenvalue weighted by Crippen LogP contribution is 2.40. The van der Waals surface area contributed by atoms with E-state index in [0.717, 1.165) is 46.4 Å². The highest BCUT2D eigenvalue weighted by atomic mass is 35.5. The van der Waals surface area contributed by atoms with Gasteiger partial charge in [-0.25, -0.2) is 0 Å². The molecule has 7 heteroatoms. The highest BCUT2D eigenvalue weighted by molar-refractivity contribution is 6.30. The number of benzene rings is 2. The molecule has 2 aromatic carbocycles. The van der Waals surface area contributed by atoms with Crippen LogP contribution in [0, 0.1) is 6.92 Å². The molecule has 0 N–H and O–H groups in total. The van der Waals surface area contributed by atoms with E-state index >= 15 is 0 Å². The van der Waals surface area contributed by atoms with Gasteiger partial charge in [-0.1, -0.05) is 24.6 Å². The molecule has 0 fully saturated rings. The number of fused-ring (bicyclic) bond motifs is 3. The van der Waals surface area contributed by atoms with Crippen molar-refractivity contribution in [3.05, 3.63) is 87.8 Å². The van der Waals surface area contributed by atoms with Gasteiger partial charge in [-0.2, -0.15) is 0 Å². The van der Waals surface area contributed by atoms with Crippen molar-refractivity contribution in [2.24, 2.45) is 7.05 Å². The molecule has 1 aliphatic heterocycles. The Kier molecular flexibility index (Phi) is 4.67. The van der Waals surface area contributed by atoms with Gasteiger partial charge >= 0.3 is 0 Å². The Morgan fingerprint density at radius 3 is 2.45 bits per heavy atom. The van der Waals surface area contributed by atoms with Crippen molar-refractivity contribution in [1.29, 1.82) is 0 Å². The highest BCUT2D eigenvalue weighted by Gasteiger charge is 2.28. The van der Waals surface area contributed by atoms with E-state index in [4.69, 9.17) is 11.6 Å². The van der Waals surface area contributed by atoms with Crippen LogP contribution in [0.2, 0.25) is 5.02 Å². The van der Waals surface area contributed by atoms with Gasteiger partial charge in [0, 0.05) is 42.5 Å². The zero-order valence-corrected chi connectivity index (χ0v) is 18.3. The number of aryl methyl sites for hydroxylation is 2. The van der Waals surface area contributed by atoms with Gasteiger partial charge in [-0.05, 0) is 60.5 Å². The van der Waals surface area contributed by atoms with Crippen LogP contribution in [0.5, 0.6) is 0 Å². The van der Waals surface area contributed by atoms with Crippen LogP contribution in [-0.4, -0.2) is 25.9 Å². The van der Waals surface area contributed by atoms with Crippen molar-refractivity contribution in [1.82, 2.24) is 19.3 Å². The largest absolute Gasteiger partial charge is 0.339 e. The minimum absolute atomic E-state index is 0.0279. The van der Waals surface area contributed by atoms with Crippen LogP contribution in [0.4, 0.5) is 11.4 Å². The minimum atomic E-state index is -0.0279. The lowest BCUT2D eigenvalue weighted by atomic mass is 10.0. The number of rotatable bonds is 2. The molecule has 1 atom stereocenters. The van der Waals surface area contributed by atoms with E-state index in [2.05, 4.69) is 44.8 Å². The summed E-state index contributed by atoms with van der Waals surface area (Å²) in [5, 5.41) is 9.51. The van der Waals surface area contributed by atoms with Gasteiger partial charge in [0.25, 0.3) is 0 Å². The Bertz CT molecular complexity index is 1340. The Hall–Kier alpha value is -3.38. The number of aromatic nitrogens is 4. The Morgan fingerprint density at radius 2 is 1.71 bits per heavy atom. The molecule has 0 spiro atoms. The quantitative estimate of drug-likeness (QED) is 0.455. The maximum atomic E-state index is 11.9. The molecule has 0 saturated heterocycles. The molecule has 1 aliphatic rings. The lowest BCUT2D eigenvalue weighted by Crippen LogP contribution is -2.22. The summed E-state index contributed by atoms with van der Waals surface area (Å²) in [5.41, 5.74) is 5.15. The third-order valence-corrected chi connectivity index (χ3v) is 6.06. The standard InChI is InChI=1S/C24H22ClN5O/c1-15-13-29(20-8-6-19(25)7-9-20)22-12-17(18-5-11-23(31)28(3)14-18)4-10-21(22)30-16(2)26-27-24(15)30/h4-12,14-15H,13H2,1-3H3/t15-/m1/s1. The van der Waals surface area contributed by atoms with Crippen molar-refractivity contribution < 1.29 is 0 Å². The van der Waals surface area contributed by atoms with Crippen LogP contribution in [0.3, 0.4) is 0 Å². The SMILES string of the molecule is Cc1nnc2n1-c1ccc(-c3ccc(=O)n(C)c3)cc1N(c1ccc(Cl)cc1)C[C@H]2C. The second-order valence-electron chi connectivity index (χ2n) is 8.00. The Morgan fingerprint density at radius 1 is 0.968 bits per heavy atom. The maximum absolute atomic E-state index is 11.9. The second kappa shape index (κ2) is 7.39. The Labute approximate surface area is 185 Å². The van der Waals surface area contributed by atoms with Gasteiger partial charge in [-0.15, -0.1) is 10.2 Å². The van der Waals surface area contributed by atoms with Crippen LogP contribution in [0.15, 0.2) is 65.6 Å². The normalized spacial score (nSPS) is 15.4. The van der Waals surface area contributed by atoms with Crippen molar-refractivity contribution >= 4 is 23.0 Å². The predicted molar refractivity (Wildman–Crippen MR) is 124 cm³/mol. The molecule has 31 heavy (non-hydrogen) atoms. The molecule has 3 heterocycles. The monoisotopic (exact) mass is 431 g/mol. The first-order valence-electron chi connectivity index (χ1n) is 10.2. The Balaban J connectivity index is 1.74. The van der Waals surface area contributed by atoms with E-state index in [1.54, 1.807) is 17.7 Å². The average Bonchev–Trinajstić information content (AvgIpc) is 3.10. The molecular formula is C24H22ClN5O. The van der Waals surface area contributed by atoms with Crippen LogP contribution in [0.1, 0.15) is 24.5 Å². The van der Waals surface area contributed by atoms with E-state index in [1.165, 1.54) is 0 Å². The summed E-state index contributed by atoms with van der Waals surface area (Å²) in [6.07, 6.45) is 1.87. The first-order chi connectivity index (χ1) is 14.9. The van der Waals surface area contributed by atoms with Gasteiger partial charge in [0.2, 0.25) is 5.56 Å². The fraction of sp³-hybridized carbons (Fsp3) is 0.208. The summed E-state index contributed by atoms with van der Waals surface area (Å²) < 4.78 is 3.74. The third kappa shape index (κ3) is 3.33. The van der Waals surface area contributed by atoms with Gasteiger partial charge in [0.15, 0.2) is 0 Å². The second-order valence-corrected chi connectivity index (χ2v) is 8.44. The molecule has 2 aromatic heterocycles. The predicted octanol–water partition coefficient (Wildman–Crippen LogP) is 4.85. The minimum Gasteiger partial charge on any atom is -0.339 e. The smallest absolute Gasteiger partial charge is 0.250 e. The zero-order chi connectivity index (χ0) is 21.7. The molecule has 0 unspecified atom stereocenters. The van der Waals surface area contributed by atoms with Gasteiger partial charge in [0.1, 0.15) is 11.6 Å². The number of halogens is 1. The first kappa shape index (κ1) is 19.6. The number of pyridine rings is 1. The van der Waals surface area contributed by atoms with E-state index in [1.807, 2.05) is 43.5 Å². The lowest BCUT2D eigenvalue weighted by molar-refractivity contribution is 0.696. The number of hydrogen-bond acceptors (Lipinski definition) is 4. The summed E-state index contributed by atoms with van der Waals surface area (Å²) in [4.78, 5) is 14.2. The van der Waals surface area contributed by atoms with Crippen LogP contribution < -0.4 is 10.5 Å². The van der Waals surface area contributed by atoms with Gasteiger partial charge < -0.3 is 9.47 Å². The van der Waals surface area contributed by atoms with Gasteiger partial charge in [0.05, 0.1) is 11.4 Å². The number of nitrogens with zero attached hydrogens (tertiary/aromatic N) is 5. The summed E-state index contributed by atoms with van der Waals surface area (Å²) in [6.45, 7) is 4.90. The zero-order valence-electron chi connectivity index (χ0n) is 17.6. The summed E-state index contributed by atoms with van der Waals surface area (Å²) in [6, 6.07) is 17.7. The molecule has 0 radical (unpaired) electrons. The molecule has 0 saturated carbocycles. The fourth-order valence-electron chi connectivity index (χ4n) is 4.19.